The van der Waals surface area contributed by atoms with Crippen LogP contribution >= 0.6 is 0 Å². The van der Waals surface area contributed by atoms with Crippen LogP contribution < -0.4 is 5.32 Å². The summed E-state index contributed by atoms with van der Waals surface area (Å²) >= 11 is 0. The largest absolute Gasteiger partial charge is 0.376 e. The lowest BCUT2D eigenvalue weighted by Gasteiger charge is -2.27. The van der Waals surface area contributed by atoms with Crippen molar-refractivity contribution in [3.8, 4) is 0 Å². The summed E-state index contributed by atoms with van der Waals surface area (Å²) in [6.07, 6.45) is 2.55. The van der Waals surface area contributed by atoms with Crippen LogP contribution in [0.25, 0.3) is 5.70 Å². The Morgan fingerprint density at radius 3 is 3.06 bits per heavy atom. The smallest absolute Gasteiger partial charge is 0.0842 e. The first kappa shape index (κ1) is 12.0. The topological polar surface area (TPSA) is 21.3 Å². The van der Waals surface area contributed by atoms with Crippen LogP contribution in [-0.2, 0) is 11.2 Å². The van der Waals surface area contributed by atoms with Gasteiger partial charge in [0.2, 0.25) is 0 Å². The Morgan fingerprint density at radius 2 is 2.47 bits per heavy atom. The molecule has 0 spiro atoms. The summed E-state index contributed by atoms with van der Waals surface area (Å²) in [5.41, 5.74) is 6.42. The zero-order chi connectivity index (χ0) is 12.1. The Labute approximate surface area is 104 Å². The summed E-state index contributed by atoms with van der Waals surface area (Å²) in [7, 11) is 0. The fraction of sp³-hybridized carbons (Fsp3) is 0.400. The number of nitrogens with one attached hydrogen (secondary N) is 1. The number of hydrogen-bond acceptors (Lipinski definition) is 2. The highest BCUT2D eigenvalue weighted by atomic mass is 16.5. The highest BCUT2D eigenvalue weighted by Crippen LogP contribution is 2.15. The molecule has 1 saturated heterocycles. The summed E-state index contributed by atoms with van der Waals surface area (Å²) in [6.45, 7) is 7.64. The monoisotopic (exact) mass is 231 g/mol. The first-order valence-corrected chi connectivity index (χ1v) is 6.18. The van der Waals surface area contributed by atoms with Gasteiger partial charge in [-0.3, -0.25) is 0 Å². The van der Waals surface area contributed by atoms with Crippen molar-refractivity contribution in [2.24, 2.45) is 0 Å². The molecule has 2 rings (SSSR count). The van der Waals surface area contributed by atoms with E-state index < -0.39 is 0 Å². The molecule has 1 aromatic rings. The average Bonchev–Trinajstić information content (AvgIpc) is 2.32. The highest BCUT2D eigenvalue weighted by molar-refractivity contribution is 5.63. The Balaban J connectivity index is 0.00000162. The van der Waals surface area contributed by atoms with Crippen molar-refractivity contribution in [3.63, 3.8) is 0 Å². The lowest BCUT2D eigenvalue weighted by molar-refractivity contribution is -0.0463. The number of aryl methyl sites for hydroxylation is 1. The quantitative estimate of drug-likeness (QED) is 0.787. The predicted octanol–water partition coefficient (Wildman–Crippen LogP) is 3.00. The van der Waals surface area contributed by atoms with Crippen LogP contribution in [-0.4, -0.2) is 19.3 Å². The van der Waals surface area contributed by atoms with Crippen LogP contribution in [0.4, 0.5) is 0 Å². The maximum absolute atomic E-state index is 5.38. The first-order chi connectivity index (χ1) is 8.33. The fourth-order valence-corrected chi connectivity index (χ4v) is 1.87. The molecule has 92 valence electrons. The van der Waals surface area contributed by atoms with Crippen LogP contribution in [0.15, 0.2) is 36.6 Å². The summed E-state index contributed by atoms with van der Waals surface area (Å²) in [6, 6.07) is 8.48. The van der Waals surface area contributed by atoms with E-state index in [-0.39, 0.29) is 1.43 Å². The zero-order valence-corrected chi connectivity index (χ0v) is 10.3. The molecule has 17 heavy (non-hydrogen) atoms. The molecule has 1 heterocycles. The van der Waals surface area contributed by atoms with E-state index >= 15 is 0 Å². The number of rotatable bonds is 5. The van der Waals surface area contributed by atoms with Crippen LogP contribution in [0.1, 0.15) is 25.9 Å². The Morgan fingerprint density at radius 1 is 1.65 bits per heavy atom. The third-order valence-electron chi connectivity index (χ3n) is 3.10. The Bertz CT molecular complexity index is 434. The minimum atomic E-state index is 0. The van der Waals surface area contributed by atoms with Crippen molar-refractivity contribution in [3.05, 3.63) is 47.7 Å². The number of ether oxygens (including phenoxy) is 1. The second-order valence-electron chi connectivity index (χ2n) is 4.27. The normalized spacial score (nSPS) is 18.1. The molecule has 1 atom stereocenters. The molecule has 0 amide bonds. The molecule has 0 aromatic heterocycles. The molecule has 1 N–H and O–H groups in total. The molecule has 0 radical (unpaired) electrons. The summed E-state index contributed by atoms with van der Waals surface area (Å²) in [5, 5.41) is 3.36. The van der Waals surface area contributed by atoms with E-state index in [1.807, 2.05) is 0 Å². The van der Waals surface area contributed by atoms with Crippen molar-refractivity contribution in [2.45, 2.75) is 25.9 Å². The van der Waals surface area contributed by atoms with Gasteiger partial charge in [-0.1, -0.05) is 31.7 Å². The SMILES string of the molecule is C=C=C(NCC1CCO1)c1cccc(CC)c1.[HH]. The summed E-state index contributed by atoms with van der Waals surface area (Å²) in [5.74, 6) is 0. The molecule has 2 heteroatoms. The lowest BCUT2D eigenvalue weighted by atomic mass is 10.1. The third kappa shape index (κ3) is 3.00. The van der Waals surface area contributed by atoms with Gasteiger partial charge in [-0.15, -0.1) is 5.73 Å². The van der Waals surface area contributed by atoms with Gasteiger partial charge in [-0.25, -0.2) is 0 Å². The van der Waals surface area contributed by atoms with Gasteiger partial charge in [-0.2, -0.15) is 0 Å². The first-order valence-electron chi connectivity index (χ1n) is 6.18. The van der Waals surface area contributed by atoms with Crippen LogP contribution in [0.3, 0.4) is 0 Å². The molecule has 2 nitrogen and oxygen atoms in total. The molecule has 0 saturated carbocycles. The van der Waals surface area contributed by atoms with Crippen molar-refractivity contribution < 1.29 is 6.16 Å². The minimum absolute atomic E-state index is 0. The van der Waals surface area contributed by atoms with E-state index in [1.165, 1.54) is 5.56 Å². The van der Waals surface area contributed by atoms with Gasteiger partial charge in [0.15, 0.2) is 0 Å². The van der Waals surface area contributed by atoms with Crippen LogP contribution in [0.5, 0.6) is 0 Å². The third-order valence-corrected chi connectivity index (χ3v) is 3.10. The van der Waals surface area contributed by atoms with Gasteiger partial charge in [0.1, 0.15) is 0 Å². The van der Waals surface area contributed by atoms with Gasteiger partial charge in [0.05, 0.1) is 11.8 Å². The molecule has 1 unspecified atom stereocenters. The Hall–Kier alpha value is -1.50. The molecule has 0 bridgehead atoms. The molecule has 0 aliphatic carbocycles. The summed E-state index contributed by atoms with van der Waals surface area (Å²) < 4.78 is 5.38. The highest BCUT2D eigenvalue weighted by Gasteiger charge is 2.17. The van der Waals surface area contributed by atoms with Gasteiger partial charge in [0, 0.05) is 20.1 Å². The summed E-state index contributed by atoms with van der Waals surface area (Å²) in [4.78, 5) is 0. The zero-order valence-electron chi connectivity index (χ0n) is 10.3. The number of benzene rings is 1. The molecule has 1 aliphatic heterocycles. The fourth-order valence-electron chi connectivity index (χ4n) is 1.87. The maximum atomic E-state index is 5.38. The lowest BCUT2D eigenvalue weighted by Crippen LogP contribution is -2.36. The molecular weight excluding hydrogens is 210 g/mol. The second-order valence-corrected chi connectivity index (χ2v) is 4.27. The Kier molecular flexibility index (Phi) is 4.03. The van der Waals surface area contributed by atoms with Crippen molar-refractivity contribution in [1.82, 2.24) is 5.32 Å². The van der Waals surface area contributed by atoms with Gasteiger partial charge >= 0.3 is 0 Å². The molecule has 1 aliphatic rings. The van der Waals surface area contributed by atoms with E-state index in [9.17, 15) is 0 Å². The van der Waals surface area contributed by atoms with E-state index in [4.69, 9.17) is 4.74 Å². The second kappa shape index (κ2) is 5.72. The molecule has 1 fully saturated rings. The molecule has 1 aromatic carbocycles. The van der Waals surface area contributed by atoms with Crippen LogP contribution in [0, 0.1) is 0 Å². The van der Waals surface area contributed by atoms with E-state index in [1.54, 1.807) is 0 Å². The van der Waals surface area contributed by atoms with Gasteiger partial charge < -0.3 is 10.1 Å². The van der Waals surface area contributed by atoms with E-state index in [0.717, 1.165) is 37.3 Å². The predicted molar refractivity (Wildman–Crippen MR) is 72.8 cm³/mol. The molecular formula is C15H21NO. The van der Waals surface area contributed by atoms with Gasteiger partial charge in [0.25, 0.3) is 0 Å². The van der Waals surface area contributed by atoms with Crippen LogP contribution in [0.2, 0.25) is 0 Å². The van der Waals surface area contributed by atoms with Gasteiger partial charge in [-0.05, 0) is 24.5 Å². The van der Waals surface area contributed by atoms with Crippen molar-refractivity contribution in [2.75, 3.05) is 13.2 Å². The average molecular weight is 231 g/mol. The number of hydrogen-bond donors (Lipinski definition) is 1. The van der Waals surface area contributed by atoms with E-state index in [2.05, 4.69) is 48.8 Å². The van der Waals surface area contributed by atoms with E-state index in [0.29, 0.717) is 6.10 Å². The minimum Gasteiger partial charge on any atom is -0.376 e. The standard InChI is InChI=1S/C15H19NO.H2/c1-3-12-6-5-7-13(10-12)15(4-2)16-11-14-8-9-17-14;/h5-7,10,14,16H,2-3,8-9,11H2,1H3;1H. The maximum Gasteiger partial charge on any atom is 0.0842 e. The van der Waals surface area contributed by atoms with Crippen molar-refractivity contribution >= 4 is 5.70 Å². The van der Waals surface area contributed by atoms with Crippen molar-refractivity contribution in [1.29, 1.82) is 0 Å².